The number of nitrogens with one attached hydrogen (secondary N) is 1. The third kappa shape index (κ3) is 1.73. The minimum Gasteiger partial charge on any atom is -0.326 e. The monoisotopic (exact) mass is 269 g/mol. The van der Waals surface area contributed by atoms with Crippen LogP contribution < -0.4 is 5.32 Å². The average Bonchev–Trinajstić information content (AvgIpc) is 3.13. The molecule has 4 atom stereocenters. The number of anilines is 1. The molecule has 0 aliphatic heterocycles. The number of amides is 1. The maximum atomic E-state index is 12.6. The molecule has 4 aliphatic carbocycles. The molecule has 5 rings (SSSR count). The number of carbonyl (C=O) groups excluding carboxylic acids is 1. The van der Waals surface area contributed by atoms with E-state index in [-0.39, 0.29) is 5.91 Å². The van der Waals surface area contributed by atoms with Gasteiger partial charge in [0, 0.05) is 11.6 Å². The Labute approximate surface area is 121 Å². The second kappa shape index (κ2) is 4.34. The van der Waals surface area contributed by atoms with Crippen LogP contribution in [0.3, 0.4) is 0 Å². The molecule has 0 spiro atoms. The molecule has 2 nitrogen and oxygen atoms in total. The quantitative estimate of drug-likeness (QED) is 0.881. The fraction of sp³-hybridized carbons (Fsp3) is 0.611. The van der Waals surface area contributed by atoms with Crippen molar-refractivity contribution in [2.45, 2.75) is 39.0 Å². The van der Waals surface area contributed by atoms with E-state index in [0.29, 0.717) is 23.7 Å². The predicted octanol–water partition coefficient (Wildman–Crippen LogP) is 4.04. The summed E-state index contributed by atoms with van der Waals surface area (Å²) in [6.07, 6.45) is 4.04. The van der Waals surface area contributed by atoms with Crippen molar-refractivity contribution < 1.29 is 4.79 Å². The standard InChI is InChI=1S/C18H23NO/c1-10(2)11-4-3-5-14(7-11)19-18(20)17-15-8-12-6-13(15)9-16(12)17/h3-5,7,10,12-13,15-17H,6,8-9H2,1-2H3,(H,19,20). The van der Waals surface area contributed by atoms with Crippen LogP contribution in [0.4, 0.5) is 5.69 Å². The molecule has 1 aromatic rings. The van der Waals surface area contributed by atoms with E-state index in [1.165, 1.54) is 24.8 Å². The zero-order valence-electron chi connectivity index (χ0n) is 12.3. The van der Waals surface area contributed by atoms with Crippen LogP contribution in [0.2, 0.25) is 0 Å². The van der Waals surface area contributed by atoms with Crippen molar-refractivity contribution in [2.75, 3.05) is 5.32 Å². The summed E-state index contributed by atoms with van der Waals surface area (Å²) in [4.78, 5) is 12.6. The minimum absolute atomic E-state index is 0.283. The van der Waals surface area contributed by atoms with Gasteiger partial charge >= 0.3 is 0 Å². The van der Waals surface area contributed by atoms with Gasteiger partial charge in [-0.25, -0.2) is 0 Å². The van der Waals surface area contributed by atoms with E-state index < -0.39 is 0 Å². The fourth-order valence-electron chi connectivity index (χ4n) is 5.15. The van der Waals surface area contributed by atoms with E-state index in [9.17, 15) is 4.79 Å². The fourth-order valence-corrected chi connectivity index (χ4v) is 5.15. The Hall–Kier alpha value is -1.31. The van der Waals surface area contributed by atoms with Gasteiger partial charge in [0.05, 0.1) is 0 Å². The van der Waals surface area contributed by atoms with Gasteiger partial charge in [0.25, 0.3) is 0 Å². The number of carbonyl (C=O) groups is 1. The van der Waals surface area contributed by atoms with Crippen LogP contribution in [-0.4, -0.2) is 5.91 Å². The summed E-state index contributed by atoms with van der Waals surface area (Å²) in [6, 6.07) is 8.32. The Balaban J connectivity index is 1.50. The van der Waals surface area contributed by atoms with Gasteiger partial charge in [-0.1, -0.05) is 26.0 Å². The van der Waals surface area contributed by atoms with Crippen LogP contribution in [-0.2, 0) is 4.79 Å². The van der Waals surface area contributed by atoms with E-state index in [1.54, 1.807) is 0 Å². The molecule has 0 radical (unpaired) electrons. The number of rotatable bonds is 3. The first-order valence-electron chi connectivity index (χ1n) is 8.04. The Bertz CT molecular complexity index is 534. The van der Waals surface area contributed by atoms with Gasteiger partial charge < -0.3 is 5.32 Å². The summed E-state index contributed by atoms with van der Waals surface area (Å²) < 4.78 is 0. The van der Waals surface area contributed by atoms with Crippen LogP contribution >= 0.6 is 0 Å². The predicted molar refractivity (Wildman–Crippen MR) is 80.5 cm³/mol. The molecular weight excluding hydrogens is 246 g/mol. The van der Waals surface area contributed by atoms with Gasteiger partial charge in [-0.15, -0.1) is 0 Å². The van der Waals surface area contributed by atoms with E-state index in [2.05, 4.69) is 31.3 Å². The lowest BCUT2D eigenvalue weighted by molar-refractivity contribution is -0.121. The Morgan fingerprint density at radius 2 is 1.85 bits per heavy atom. The van der Waals surface area contributed by atoms with Gasteiger partial charge in [-0.05, 0) is 66.5 Å². The highest BCUT2D eigenvalue weighted by Crippen LogP contribution is 2.65. The molecule has 106 valence electrons. The highest BCUT2D eigenvalue weighted by Gasteiger charge is 2.61. The van der Waals surface area contributed by atoms with Crippen LogP contribution in [0.1, 0.15) is 44.6 Å². The molecule has 4 bridgehead atoms. The second-order valence-electron chi connectivity index (χ2n) is 7.35. The van der Waals surface area contributed by atoms with Crippen LogP contribution in [0.5, 0.6) is 0 Å². The maximum absolute atomic E-state index is 12.6. The highest BCUT2D eigenvalue weighted by molar-refractivity contribution is 5.93. The molecule has 20 heavy (non-hydrogen) atoms. The van der Waals surface area contributed by atoms with Crippen molar-refractivity contribution in [3.63, 3.8) is 0 Å². The second-order valence-corrected chi connectivity index (χ2v) is 7.35. The molecule has 0 heterocycles. The normalized spacial score (nSPS) is 37.0. The van der Waals surface area contributed by atoms with Gasteiger partial charge in [0.2, 0.25) is 5.91 Å². The lowest BCUT2D eigenvalue weighted by Gasteiger charge is -2.20. The molecule has 1 aromatic carbocycles. The van der Waals surface area contributed by atoms with Crippen LogP contribution in [0.15, 0.2) is 24.3 Å². The molecule has 2 heteroatoms. The van der Waals surface area contributed by atoms with E-state index in [0.717, 1.165) is 17.5 Å². The highest BCUT2D eigenvalue weighted by atomic mass is 16.2. The van der Waals surface area contributed by atoms with Gasteiger partial charge in [0.1, 0.15) is 0 Å². The van der Waals surface area contributed by atoms with Gasteiger partial charge in [0.15, 0.2) is 0 Å². The van der Waals surface area contributed by atoms with E-state index in [1.807, 2.05) is 12.1 Å². The Morgan fingerprint density at radius 1 is 1.15 bits per heavy atom. The molecular formula is C18H23NO. The summed E-state index contributed by atoms with van der Waals surface area (Å²) in [5, 5.41) is 3.18. The smallest absolute Gasteiger partial charge is 0.228 e. The van der Waals surface area contributed by atoms with Gasteiger partial charge in [-0.3, -0.25) is 4.79 Å². The minimum atomic E-state index is 0.283. The summed E-state index contributed by atoms with van der Waals surface area (Å²) in [6.45, 7) is 4.37. The molecule has 4 saturated carbocycles. The van der Waals surface area contributed by atoms with Crippen LogP contribution in [0, 0.1) is 29.6 Å². The molecule has 4 unspecified atom stereocenters. The van der Waals surface area contributed by atoms with Crippen molar-refractivity contribution in [1.82, 2.24) is 0 Å². The molecule has 1 amide bonds. The summed E-state index contributed by atoms with van der Waals surface area (Å²) >= 11 is 0. The topological polar surface area (TPSA) is 29.1 Å². The first-order valence-corrected chi connectivity index (χ1v) is 8.04. The SMILES string of the molecule is CC(C)c1cccc(NC(=O)C2C3CC4CC3CC42)c1. The first-order chi connectivity index (χ1) is 9.63. The van der Waals surface area contributed by atoms with Crippen molar-refractivity contribution >= 4 is 11.6 Å². The third-order valence-corrected chi connectivity index (χ3v) is 6.01. The zero-order valence-corrected chi connectivity index (χ0v) is 12.3. The third-order valence-electron chi connectivity index (χ3n) is 6.01. The first kappa shape index (κ1) is 12.4. The number of benzene rings is 1. The molecule has 0 saturated heterocycles. The average molecular weight is 269 g/mol. The number of hydrogen-bond acceptors (Lipinski definition) is 1. The van der Waals surface area contributed by atoms with Crippen molar-refractivity contribution in [1.29, 1.82) is 0 Å². The van der Waals surface area contributed by atoms with Crippen molar-refractivity contribution in [3.8, 4) is 0 Å². The van der Waals surface area contributed by atoms with Crippen LogP contribution in [0.25, 0.3) is 0 Å². The summed E-state index contributed by atoms with van der Waals surface area (Å²) in [5.74, 6) is 4.20. The molecule has 4 fully saturated rings. The maximum Gasteiger partial charge on any atom is 0.228 e. The van der Waals surface area contributed by atoms with Crippen molar-refractivity contribution in [2.24, 2.45) is 29.6 Å². The molecule has 4 aliphatic rings. The molecule has 0 aromatic heterocycles. The van der Waals surface area contributed by atoms with Gasteiger partial charge in [-0.2, -0.15) is 0 Å². The van der Waals surface area contributed by atoms with Crippen molar-refractivity contribution in [3.05, 3.63) is 29.8 Å². The number of hydrogen-bond donors (Lipinski definition) is 1. The summed E-state index contributed by atoms with van der Waals surface area (Å²) in [7, 11) is 0. The Morgan fingerprint density at radius 3 is 2.45 bits per heavy atom. The Kier molecular flexibility index (Phi) is 2.70. The lowest BCUT2D eigenvalue weighted by Crippen LogP contribution is -2.29. The largest absolute Gasteiger partial charge is 0.326 e. The molecule has 1 N–H and O–H groups in total. The lowest BCUT2D eigenvalue weighted by atomic mass is 9.88. The van der Waals surface area contributed by atoms with E-state index in [4.69, 9.17) is 0 Å². The summed E-state index contributed by atoms with van der Waals surface area (Å²) in [5.41, 5.74) is 2.27. The zero-order chi connectivity index (χ0) is 13.9. The van der Waals surface area contributed by atoms with E-state index >= 15 is 0 Å².